The average Bonchev–Trinajstić information content (AvgIpc) is 3.40. The van der Waals surface area contributed by atoms with E-state index in [0.29, 0.717) is 16.3 Å². The quantitative estimate of drug-likeness (QED) is 0.142. The van der Waals surface area contributed by atoms with E-state index in [9.17, 15) is 24.5 Å². The minimum absolute atomic E-state index is 0.0103. The van der Waals surface area contributed by atoms with Crippen LogP contribution in [0.15, 0.2) is 64.3 Å². The van der Waals surface area contributed by atoms with Crippen LogP contribution in [0.2, 0.25) is 5.02 Å². The monoisotopic (exact) mass is 537 g/mol. The number of hydrogen-bond acceptors (Lipinski definition) is 9. The van der Waals surface area contributed by atoms with E-state index in [4.69, 9.17) is 20.8 Å². The van der Waals surface area contributed by atoms with Gasteiger partial charge in [0, 0.05) is 17.2 Å². The SMILES string of the molecule is C=CCOC(=O)c1sc(N2C(=O)c3oc4ccc(Cl)cc4c(=O)c3C2c2cccc([N+](=O)[O-])c2)nc1C. The minimum Gasteiger partial charge on any atom is -0.457 e. The summed E-state index contributed by atoms with van der Waals surface area (Å²) in [5, 5.41) is 12.0. The van der Waals surface area contributed by atoms with Crippen molar-refractivity contribution in [2.24, 2.45) is 0 Å². The Morgan fingerprint density at radius 2 is 2.11 bits per heavy atom. The number of nitro benzene ring substituents is 1. The molecular formula is C25H16ClN3O7S. The van der Waals surface area contributed by atoms with Crippen molar-refractivity contribution in [2.45, 2.75) is 13.0 Å². The van der Waals surface area contributed by atoms with E-state index < -0.39 is 28.3 Å². The van der Waals surface area contributed by atoms with Crippen LogP contribution in [-0.4, -0.2) is 28.4 Å². The molecule has 1 atom stereocenters. The molecule has 0 bridgehead atoms. The maximum atomic E-state index is 13.7. The van der Waals surface area contributed by atoms with Gasteiger partial charge in [0.25, 0.3) is 11.6 Å². The number of anilines is 1. The highest BCUT2D eigenvalue weighted by Gasteiger charge is 2.45. The molecule has 5 rings (SSSR count). The van der Waals surface area contributed by atoms with E-state index in [0.717, 1.165) is 11.3 Å². The third kappa shape index (κ3) is 4.07. The molecule has 0 N–H and O–H groups in total. The average molecular weight is 538 g/mol. The normalized spacial score (nSPS) is 14.6. The lowest BCUT2D eigenvalue weighted by Crippen LogP contribution is -2.29. The number of thiazole rings is 1. The molecule has 12 heteroatoms. The van der Waals surface area contributed by atoms with Crippen molar-refractivity contribution < 1.29 is 23.7 Å². The highest BCUT2D eigenvalue weighted by Crippen LogP contribution is 2.43. The number of non-ortho nitro benzene ring substituents is 1. The molecule has 1 aliphatic rings. The van der Waals surface area contributed by atoms with Crippen LogP contribution in [0.25, 0.3) is 11.0 Å². The summed E-state index contributed by atoms with van der Waals surface area (Å²) in [5.74, 6) is -1.55. The van der Waals surface area contributed by atoms with Gasteiger partial charge in [-0.3, -0.25) is 24.6 Å². The number of carbonyl (C=O) groups is 2. The number of nitro groups is 1. The Kier molecular flexibility index (Phi) is 6.10. The Morgan fingerprint density at radius 1 is 1.32 bits per heavy atom. The van der Waals surface area contributed by atoms with Crippen LogP contribution in [0.5, 0.6) is 0 Å². The Morgan fingerprint density at radius 3 is 2.84 bits per heavy atom. The first-order chi connectivity index (χ1) is 17.7. The number of halogens is 1. The summed E-state index contributed by atoms with van der Waals surface area (Å²) in [6.45, 7) is 5.08. The zero-order chi connectivity index (χ0) is 26.4. The van der Waals surface area contributed by atoms with E-state index in [1.807, 2.05) is 0 Å². The molecule has 1 aliphatic heterocycles. The van der Waals surface area contributed by atoms with Gasteiger partial charge in [-0.25, -0.2) is 9.78 Å². The highest BCUT2D eigenvalue weighted by atomic mass is 35.5. The molecule has 0 fully saturated rings. The maximum absolute atomic E-state index is 13.7. The van der Waals surface area contributed by atoms with Gasteiger partial charge in [0.15, 0.2) is 10.6 Å². The first-order valence-corrected chi connectivity index (χ1v) is 12.0. The molecule has 0 aliphatic carbocycles. The van der Waals surface area contributed by atoms with Gasteiger partial charge in [-0.15, -0.1) is 0 Å². The first kappa shape index (κ1) is 24.3. The fourth-order valence-corrected chi connectivity index (χ4v) is 5.30. The van der Waals surface area contributed by atoms with Crippen molar-refractivity contribution >= 4 is 56.6 Å². The second-order valence-electron chi connectivity index (χ2n) is 8.04. The molecule has 0 saturated heterocycles. The van der Waals surface area contributed by atoms with Gasteiger partial charge < -0.3 is 9.15 Å². The second-order valence-corrected chi connectivity index (χ2v) is 9.46. The van der Waals surface area contributed by atoms with Crippen LogP contribution in [-0.2, 0) is 4.74 Å². The lowest BCUT2D eigenvalue weighted by molar-refractivity contribution is -0.384. The van der Waals surface area contributed by atoms with Gasteiger partial charge in [0.2, 0.25) is 5.76 Å². The molecule has 0 spiro atoms. The summed E-state index contributed by atoms with van der Waals surface area (Å²) in [4.78, 5) is 56.5. The molecule has 0 radical (unpaired) electrons. The number of nitrogens with zero attached hydrogens (tertiary/aromatic N) is 3. The molecule has 1 unspecified atom stereocenters. The Bertz CT molecular complexity index is 1690. The molecule has 186 valence electrons. The van der Waals surface area contributed by atoms with Gasteiger partial charge in [-0.05, 0) is 30.7 Å². The van der Waals surface area contributed by atoms with Gasteiger partial charge in [0.05, 0.1) is 27.6 Å². The summed E-state index contributed by atoms with van der Waals surface area (Å²) < 4.78 is 11.0. The molecule has 3 heterocycles. The van der Waals surface area contributed by atoms with E-state index in [-0.39, 0.29) is 44.6 Å². The predicted molar refractivity (Wildman–Crippen MR) is 137 cm³/mol. The van der Waals surface area contributed by atoms with Crippen LogP contribution < -0.4 is 10.3 Å². The fourth-order valence-electron chi connectivity index (χ4n) is 4.14. The van der Waals surface area contributed by atoms with Crippen LogP contribution >= 0.6 is 22.9 Å². The maximum Gasteiger partial charge on any atom is 0.350 e. The number of aryl methyl sites for hydroxylation is 1. The summed E-state index contributed by atoms with van der Waals surface area (Å²) >= 11 is 7.00. The van der Waals surface area contributed by atoms with Crippen LogP contribution in [0.4, 0.5) is 10.8 Å². The van der Waals surface area contributed by atoms with Gasteiger partial charge in [-0.1, -0.05) is 47.7 Å². The Labute approximate surface area is 217 Å². The van der Waals surface area contributed by atoms with E-state index in [1.54, 1.807) is 13.0 Å². The number of ether oxygens (including phenoxy) is 1. The number of amides is 1. The third-order valence-electron chi connectivity index (χ3n) is 5.74. The number of carbonyl (C=O) groups excluding carboxylic acids is 2. The van der Waals surface area contributed by atoms with Crippen molar-refractivity contribution in [1.82, 2.24) is 4.98 Å². The molecular weight excluding hydrogens is 522 g/mol. The first-order valence-electron chi connectivity index (χ1n) is 10.8. The van der Waals surface area contributed by atoms with Crippen LogP contribution in [0.3, 0.4) is 0 Å². The summed E-state index contributed by atoms with van der Waals surface area (Å²) in [6.07, 6.45) is 1.42. The zero-order valence-corrected chi connectivity index (χ0v) is 20.7. The van der Waals surface area contributed by atoms with Gasteiger partial charge in [-0.2, -0.15) is 0 Å². The number of rotatable bonds is 6. The molecule has 2 aromatic heterocycles. The van der Waals surface area contributed by atoms with Crippen molar-refractivity contribution in [1.29, 1.82) is 0 Å². The number of fused-ring (bicyclic) bond motifs is 2. The number of esters is 1. The molecule has 37 heavy (non-hydrogen) atoms. The second kappa shape index (κ2) is 9.26. The van der Waals surface area contributed by atoms with Crippen molar-refractivity contribution in [3.05, 3.63) is 108 Å². The van der Waals surface area contributed by atoms with Crippen LogP contribution in [0.1, 0.15) is 43.1 Å². The van der Waals surface area contributed by atoms with Gasteiger partial charge >= 0.3 is 5.97 Å². The topological polar surface area (TPSA) is 133 Å². The summed E-state index contributed by atoms with van der Waals surface area (Å²) in [7, 11) is 0. The zero-order valence-electron chi connectivity index (χ0n) is 19.1. The van der Waals surface area contributed by atoms with Crippen molar-refractivity contribution in [3.63, 3.8) is 0 Å². The highest BCUT2D eigenvalue weighted by molar-refractivity contribution is 7.17. The molecule has 10 nitrogen and oxygen atoms in total. The third-order valence-corrected chi connectivity index (χ3v) is 7.11. The molecule has 2 aromatic carbocycles. The largest absolute Gasteiger partial charge is 0.457 e. The van der Waals surface area contributed by atoms with Crippen molar-refractivity contribution in [2.75, 3.05) is 11.5 Å². The molecule has 4 aromatic rings. The van der Waals surface area contributed by atoms with Crippen LogP contribution in [0, 0.1) is 17.0 Å². The molecule has 0 saturated carbocycles. The number of benzene rings is 2. The fraction of sp³-hybridized carbons (Fsp3) is 0.120. The Hall–Kier alpha value is -4.35. The van der Waals surface area contributed by atoms with Gasteiger partial charge in [0.1, 0.15) is 17.1 Å². The predicted octanol–water partition coefficient (Wildman–Crippen LogP) is 5.21. The van der Waals surface area contributed by atoms with E-state index >= 15 is 0 Å². The van der Waals surface area contributed by atoms with Crippen molar-refractivity contribution in [3.8, 4) is 0 Å². The van der Waals surface area contributed by atoms with E-state index in [2.05, 4.69) is 11.6 Å². The number of hydrogen-bond donors (Lipinski definition) is 0. The lowest BCUT2D eigenvalue weighted by atomic mass is 9.98. The number of aromatic nitrogens is 1. The summed E-state index contributed by atoms with van der Waals surface area (Å²) in [6, 6.07) is 8.94. The lowest BCUT2D eigenvalue weighted by Gasteiger charge is -2.22. The standard InChI is InChI=1S/C25H16ClN3O7S/c1-3-9-35-24(32)22-12(2)27-25(37-22)28-19(13-5-4-6-15(10-13)29(33)34)18-20(30)16-11-14(26)7-8-17(16)36-21(18)23(28)31/h3-8,10-11,19H,1,9H2,2H3. The smallest absolute Gasteiger partial charge is 0.350 e. The van der Waals surface area contributed by atoms with E-state index in [1.165, 1.54) is 47.4 Å². The Balaban J connectivity index is 1.74. The molecule has 1 amide bonds. The summed E-state index contributed by atoms with van der Waals surface area (Å²) in [5.41, 5.74) is 0.0140. The minimum atomic E-state index is -1.11.